The molecule has 0 saturated carbocycles. The number of aryl methyl sites for hydroxylation is 2. The van der Waals surface area contributed by atoms with Gasteiger partial charge in [-0.1, -0.05) is 6.07 Å². The number of sulfonamides is 1. The first-order chi connectivity index (χ1) is 13.3. The van der Waals surface area contributed by atoms with Gasteiger partial charge in [0.1, 0.15) is 5.75 Å². The SMILES string of the molecule is COc1ccc(S(=O)(=O)N2CCC(C(=O)Nc3cc(C)cc(C)c3)CC2)cc1. The molecule has 3 rings (SSSR count). The molecule has 1 N–H and O–H groups in total. The number of benzene rings is 2. The Morgan fingerprint density at radius 1 is 1.04 bits per heavy atom. The van der Waals surface area contributed by atoms with E-state index in [2.05, 4.69) is 11.4 Å². The topological polar surface area (TPSA) is 75.7 Å². The van der Waals surface area contributed by atoms with Gasteiger partial charge in [-0.15, -0.1) is 0 Å². The van der Waals surface area contributed by atoms with Gasteiger partial charge < -0.3 is 10.1 Å². The summed E-state index contributed by atoms with van der Waals surface area (Å²) < 4.78 is 32.2. The van der Waals surface area contributed by atoms with E-state index in [1.165, 1.54) is 11.4 Å². The molecular weight excluding hydrogens is 376 g/mol. The summed E-state index contributed by atoms with van der Waals surface area (Å²) in [6.07, 6.45) is 1.01. The molecule has 2 aromatic carbocycles. The second-order valence-electron chi connectivity index (χ2n) is 7.22. The Balaban J connectivity index is 1.62. The molecular formula is C21H26N2O4S. The molecule has 0 spiro atoms. The maximum Gasteiger partial charge on any atom is 0.243 e. The Hall–Kier alpha value is -2.38. The number of nitrogens with zero attached hydrogens (tertiary/aromatic N) is 1. The predicted octanol–water partition coefficient (Wildman–Crippen LogP) is 3.35. The fourth-order valence-electron chi connectivity index (χ4n) is 3.55. The van der Waals surface area contributed by atoms with E-state index in [-0.39, 0.29) is 16.7 Å². The summed E-state index contributed by atoms with van der Waals surface area (Å²) >= 11 is 0. The van der Waals surface area contributed by atoms with Gasteiger partial charge >= 0.3 is 0 Å². The molecule has 0 atom stereocenters. The number of methoxy groups -OCH3 is 1. The second-order valence-corrected chi connectivity index (χ2v) is 9.16. The number of carbonyl (C=O) groups excluding carboxylic acids is 1. The van der Waals surface area contributed by atoms with Gasteiger partial charge in [-0.3, -0.25) is 4.79 Å². The highest BCUT2D eigenvalue weighted by Crippen LogP contribution is 2.26. The molecule has 1 fully saturated rings. The number of amides is 1. The maximum atomic E-state index is 12.8. The third-order valence-electron chi connectivity index (χ3n) is 5.01. The Bertz CT molecular complexity index is 927. The first kappa shape index (κ1) is 20.4. The number of nitrogens with one attached hydrogen (secondary N) is 1. The standard InChI is InChI=1S/C21H26N2O4S/c1-15-12-16(2)14-18(13-15)22-21(24)17-8-10-23(11-9-17)28(25,26)20-6-4-19(27-3)5-7-20/h4-7,12-14,17H,8-11H2,1-3H3,(H,22,24). The van der Waals surface area contributed by atoms with Crippen molar-refractivity contribution in [3.63, 3.8) is 0 Å². The van der Waals surface area contributed by atoms with Crippen molar-refractivity contribution in [2.75, 3.05) is 25.5 Å². The van der Waals surface area contributed by atoms with Crippen LogP contribution >= 0.6 is 0 Å². The number of anilines is 1. The first-order valence-electron chi connectivity index (χ1n) is 9.33. The van der Waals surface area contributed by atoms with Crippen molar-refractivity contribution in [3.05, 3.63) is 53.6 Å². The van der Waals surface area contributed by atoms with Crippen molar-refractivity contribution < 1.29 is 17.9 Å². The van der Waals surface area contributed by atoms with Crippen LogP contribution in [0.3, 0.4) is 0 Å². The van der Waals surface area contributed by atoms with E-state index in [4.69, 9.17) is 4.74 Å². The highest BCUT2D eigenvalue weighted by Gasteiger charge is 2.32. The van der Waals surface area contributed by atoms with Crippen LogP contribution < -0.4 is 10.1 Å². The molecule has 0 unspecified atom stereocenters. The van der Waals surface area contributed by atoms with Crippen LogP contribution in [-0.4, -0.2) is 38.8 Å². The molecule has 1 amide bonds. The van der Waals surface area contributed by atoms with Crippen molar-refractivity contribution in [2.45, 2.75) is 31.6 Å². The molecule has 1 saturated heterocycles. The van der Waals surface area contributed by atoms with E-state index in [0.717, 1.165) is 16.8 Å². The van der Waals surface area contributed by atoms with Crippen LogP contribution in [0, 0.1) is 19.8 Å². The summed E-state index contributed by atoms with van der Waals surface area (Å²) in [6, 6.07) is 12.3. The van der Waals surface area contributed by atoms with Crippen LogP contribution in [0.4, 0.5) is 5.69 Å². The number of hydrogen-bond acceptors (Lipinski definition) is 4. The lowest BCUT2D eigenvalue weighted by molar-refractivity contribution is -0.120. The number of hydrogen-bond donors (Lipinski definition) is 1. The Morgan fingerprint density at radius 3 is 2.14 bits per heavy atom. The molecule has 6 nitrogen and oxygen atoms in total. The lowest BCUT2D eigenvalue weighted by atomic mass is 9.97. The number of piperidine rings is 1. The van der Waals surface area contributed by atoms with E-state index in [0.29, 0.717) is 31.7 Å². The molecule has 0 aliphatic carbocycles. The second kappa shape index (κ2) is 8.32. The third kappa shape index (κ3) is 4.54. The third-order valence-corrected chi connectivity index (χ3v) is 6.92. The molecule has 0 bridgehead atoms. The van der Waals surface area contributed by atoms with Crippen LogP contribution in [0.1, 0.15) is 24.0 Å². The lowest BCUT2D eigenvalue weighted by Crippen LogP contribution is -2.41. The number of ether oxygens (including phenoxy) is 1. The molecule has 0 aromatic heterocycles. The Morgan fingerprint density at radius 2 is 1.61 bits per heavy atom. The zero-order chi connectivity index (χ0) is 20.3. The van der Waals surface area contributed by atoms with E-state index in [1.54, 1.807) is 24.3 Å². The minimum absolute atomic E-state index is 0.0495. The average Bonchev–Trinajstić information content (AvgIpc) is 2.67. The highest BCUT2D eigenvalue weighted by atomic mass is 32.2. The molecule has 1 aliphatic heterocycles. The Labute approximate surface area is 166 Å². The van der Waals surface area contributed by atoms with Gasteiger partial charge in [0.05, 0.1) is 12.0 Å². The summed E-state index contributed by atoms with van der Waals surface area (Å²) in [4.78, 5) is 12.8. The smallest absolute Gasteiger partial charge is 0.243 e. The minimum Gasteiger partial charge on any atom is -0.497 e. The Kier molecular flexibility index (Phi) is 6.05. The number of rotatable bonds is 5. The largest absolute Gasteiger partial charge is 0.497 e. The molecule has 1 aliphatic rings. The quantitative estimate of drug-likeness (QED) is 0.832. The first-order valence-corrected chi connectivity index (χ1v) is 10.8. The van der Waals surface area contributed by atoms with Crippen LogP contribution in [0.25, 0.3) is 0 Å². The van der Waals surface area contributed by atoms with Gasteiger partial charge in [0.2, 0.25) is 15.9 Å². The number of carbonyl (C=O) groups is 1. The zero-order valence-corrected chi connectivity index (χ0v) is 17.3. The van der Waals surface area contributed by atoms with Gasteiger partial charge in [-0.25, -0.2) is 8.42 Å². The molecule has 150 valence electrons. The van der Waals surface area contributed by atoms with Crippen LogP contribution in [0.15, 0.2) is 47.4 Å². The summed E-state index contributed by atoms with van der Waals surface area (Å²) in [5, 5.41) is 2.97. The summed E-state index contributed by atoms with van der Waals surface area (Å²) in [5.41, 5.74) is 2.97. The minimum atomic E-state index is -3.56. The normalized spacial score (nSPS) is 16.0. The lowest BCUT2D eigenvalue weighted by Gasteiger charge is -2.30. The highest BCUT2D eigenvalue weighted by molar-refractivity contribution is 7.89. The summed E-state index contributed by atoms with van der Waals surface area (Å²) in [7, 11) is -2.02. The van der Waals surface area contributed by atoms with Crippen LogP contribution in [0.2, 0.25) is 0 Å². The molecule has 1 heterocycles. The van der Waals surface area contributed by atoms with Gasteiger partial charge in [-0.05, 0) is 74.2 Å². The van der Waals surface area contributed by atoms with Crippen LogP contribution in [0.5, 0.6) is 5.75 Å². The maximum absolute atomic E-state index is 12.8. The summed E-state index contributed by atoms with van der Waals surface area (Å²) in [6.45, 7) is 4.65. The zero-order valence-electron chi connectivity index (χ0n) is 16.4. The van der Waals surface area contributed by atoms with E-state index in [1.807, 2.05) is 26.0 Å². The van der Waals surface area contributed by atoms with Crippen molar-refractivity contribution >= 4 is 21.6 Å². The fraction of sp³-hybridized carbons (Fsp3) is 0.381. The molecule has 2 aromatic rings. The van der Waals surface area contributed by atoms with Crippen molar-refractivity contribution in [1.29, 1.82) is 0 Å². The van der Waals surface area contributed by atoms with Gasteiger partial charge in [0.25, 0.3) is 0 Å². The van der Waals surface area contributed by atoms with E-state index < -0.39 is 10.0 Å². The van der Waals surface area contributed by atoms with E-state index >= 15 is 0 Å². The van der Waals surface area contributed by atoms with Gasteiger partial charge in [0, 0.05) is 24.7 Å². The predicted molar refractivity (Wildman–Crippen MR) is 109 cm³/mol. The monoisotopic (exact) mass is 402 g/mol. The van der Waals surface area contributed by atoms with Crippen LogP contribution in [-0.2, 0) is 14.8 Å². The fourth-order valence-corrected chi connectivity index (χ4v) is 5.02. The summed E-state index contributed by atoms with van der Waals surface area (Å²) in [5.74, 6) is 0.371. The van der Waals surface area contributed by atoms with Gasteiger partial charge in [0.15, 0.2) is 0 Å². The van der Waals surface area contributed by atoms with Crippen molar-refractivity contribution in [1.82, 2.24) is 4.31 Å². The van der Waals surface area contributed by atoms with E-state index in [9.17, 15) is 13.2 Å². The average molecular weight is 403 g/mol. The molecule has 28 heavy (non-hydrogen) atoms. The molecule has 0 radical (unpaired) electrons. The van der Waals surface area contributed by atoms with Gasteiger partial charge in [-0.2, -0.15) is 4.31 Å². The van der Waals surface area contributed by atoms with Crippen molar-refractivity contribution in [2.24, 2.45) is 5.92 Å². The van der Waals surface area contributed by atoms with Crippen molar-refractivity contribution in [3.8, 4) is 5.75 Å². The molecule has 7 heteroatoms.